The molecule has 0 radical (unpaired) electrons. The standard InChI is InChI=1S/C14H21FN2/c1-14(2,16)10-17-8-7-12(9-17)11-3-5-13(15)6-4-11/h3-6,12H,7-10,16H2,1-2H3. The Morgan fingerprint density at radius 3 is 2.59 bits per heavy atom. The van der Waals surface area contributed by atoms with E-state index in [0.29, 0.717) is 5.92 Å². The molecule has 1 unspecified atom stereocenters. The molecule has 1 aliphatic rings. The van der Waals surface area contributed by atoms with E-state index in [1.54, 1.807) is 12.1 Å². The Labute approximate surface area is 103 Å². The molecule has 2 nitrogen and oxygen atoms in total. The van der Waals surface area contributed by atoms with Crippen LogP contribution in [0.5, 0.6) is 0 Å². The number of hydrogen-bond donors (Lipinski definition) is 1. The van der Waals surface area contributed by atoms with Gasteiger partial charge >= 0.3 is 0 Å². The van der Waals surface area contributed by atoms with Crippen LogP contribution >= 0.6 is 0 Å². The summed E-state index contributed by atoms with van der Waals surface area (Å²) in [4.78, 5) is 2.40. The third kappa shape index (κ3) is 3.51. The van der Waals surface area contributed by atoms with Crippen molar-refractivity contribution in [1.82, 2.24) is 4.90 Å². The van der Waals surface area contributed by atoms with E-state index in [4.69, 9.17) is 5.73 Å². The van der Waals surface area contributed by atoms with Crippen molar-refractivity contribution in [3.05, 3.63) is 35.6 Å². The quantitative estimate of drug-likeness (QED) is 0.873. The first kappa shape index (κ1) is 12.5. The number of nitrogens with zero attached hydrogens (tertiary/aromatic N) is 1. The Morgan fingerprint density at radius 2 is 2.00 bits per heavy atom. The molecule has 1 saturated heterocycles. The average Bonchev–Trinajstić information content (AvgIpc) is 2.64. The fraction of sp³-hybridized carbons (Fsp3) is 0.571. The normalized spacial score (nSPS) is 22.0. The fourth-order valence-electron chi connectivity index (χ4n) is 2.56. The lowest BCUT2D eigenvalue weighted by Crippen LogP contribution is -2.44. The molecule has 3 heteroatoms. The number of hydrogen-bond acceptors (Lipinski definition) is 2. The molecule has 1 aromatic carbocycles. The molecule has 1 aromatic rings. The molecule has 0 spiro atoms. The smallest absolute Gasteiger partial charge is 0.123 e. The van der Waals surface area contributed by atoms with Gasteiger partial charge in [0.15, 0.2) is 0 Å². The van der Waals surface area contributed by atoms with Gasteiger partial charge in [0.1, 0.15) is 5.82 Å². The van der Waals surface area contributed by atoms with Crippen molar-refractivity contribution in [2.75, 3.05) is 19.6 Å². The highest BCUT2D eigenvalue weighted by atomic mass is 19.1. The lowest BCUT2D eigenvalue weighted by molar-refractivity contribution is 0.269. The molecule has 2 rings (SSSR count). The molecule has 0 aliphatic carbocycles. The number of nitrogens with two attached hydrogens (primary N) is 1. The van der Waals surface area contributed by atoms with Gasteiger partial charge in [0.25, 0.3) is 0 Å². The molecular formula is C14H21FN2. The zero-order valence-corrected chi connectivity index (χ0v) is 10.6. The summed E-state index contributed by atoms with van der Waals surface area (Å²) in [6.07, 6.45) is 1.14. The van der Waals surface area contributed by atoms with Crippen LogP contribution in [0.4, 0.5) is 4.39 Å². The topological polar surface area (TPSA) is 29.3 Å². The highest BCUT2D eigenvalue weighted by molar-refractivity contribution is 5.22. The van der Waals surface area contributed by atoms with Crippen molar-refractivity contribution in [3.8, 4) is 0 Å². The van der Waals surface area contributed by atoms with Crippen LogP contribution in [0.1, 0.15) is 31.7 Å². The van der Waals surface area contributed by atoms with Crippen molar-refractivity contribution in [2.24, 2.45) is 5.73 Å². The van der Waals surface area contributed by atoms with Crippen LogP contribution in [0, 0.1) is 5.82 Å². The Bertz CT molecular complexity index is 367. The van der Waals surface area contributed by atoms with Crippen LogP contribution < -0.4 is 5.73 Å². The molecule has 2 N–H and O–H groups in total. The average molecular weight is 236 g/mol. The van der Waals surface area contributed by atoms with Crippen LogP contribution in [0.15, 0.2) is 24.3 Å². The molecule has 1 aliphatic heterocycles. The van der Waals surface area contributed by atoms with E-state index in [9.17, 15) is 4.39 Å². The third-order valence-corrected chi connectivity index (χ3v) is 3.24. The molecule has 1 atom stereocenters. The second kappa shape index (κ2) is 4.75. The Balaban J connectivity index is 1.96. The third-order valence-electron chi connectivity index (χ3n) is 3.24. The van der Waals surface area contributed by atoms with Gasteiger partial charge in [-0.2, -0.15) is 0 Å². The summed E-state index contributed by atoms with van der Waals surface area (Å²) in [5.74, 6) is 0.365. The number of likely N-dealkylation sites (tertiary alicyclic amines) is 1. The molecule has 94 valence electrons. The first-order valence-electron chi connectivity index (χ1n) is 6.21. The predicted molar refractivity (Wildman–Crippen MR) is 68.5 cm³/mol. The van der Waals surface area contributed by atoms with Crippen molar-refractivity contribution in [2.45, 2.75) is 31.7 Å². The zero-order chi connectivity index (χ0) is 12.5. The first-order chi connectivity index (χ1) is 7.94. The molecular weight excluding hydrogens is 215 g/mol. The summed E-state index contributed by atoms with van der Waals surface area (Å²) < 4.78 is 12.8. The van der Waals surface area contributed by atoms with Crippen LogP contribution in [-0.2, 0) is 0 Å². The van der Waals surface area contributed by atoms with E-state index in [1.807, 2.05) is 12.1 Å². The van der Waals surface area contributed by atoms with Crippen molar-refractivity contribution in [3.63, 3.8) is 0 Å². The summed E-state index contributed by atoms with van der Waals surface area (Å²) in [5.41, 5.74) is 7.13. The molecule has 0 amide bonds. The van der Waals surface area contributed by atoms with Gasteiger partial charge < -0.3 is 10.6 Å². The van der Waals surface area contributed by atoms with Gasteiger partial charge in [-0.25, -0.2) is 4.39 Å². The van der Waals surface area contributed by atoms with E-state index < -0.39 is 0 Å². The van der Waals surface area contributed by atoms with Crippen LogP contribution in [-0.4, -0.2) is 30.1 Å². The Morgan fingerprint density at radius 1 is 1.35 bits per heavy atom. The first-order valence-corrected chi connectivity index (χ1v) is 6.21. The highest BCUT2D eigenvalue weighted by Gasteiger charge is 2.26. The van der Waals surface area contributed by atoms with Gasteiger partial charge in [-0.15, -0.1) is 0 Å². The van der Waals surface area contributed by atoms with Crippen LogP contribution in [0.2, 0.25) is 0 Å². The number of rotatable bonds is 3. The Hall–Kier alpha value is -0.930. The number of benzene rings is 1. The van der Waals surface area contributed by atoms with Crippen LogP contribution in [0.3, 0.4) is 0 Å². The molecule has 0 aromatic heterocycles. The Kier molecular flexibility index (Phi) is 3.50. The predicted octanol–water partition coefficient (Wildman–Crippen LogP) is 2.35. The lowest BCUT2D eigenvalue weighted by atomic mass is 9.98. The van der Waals surface area contributed by atoms with E-state index in [2.05, 4.69) is 18.7 Å². The van der Waals surface area contributed by atoms with E-state index in [-0.39, 0.29) is 11.4 Å². The molecule has 0 bridgehead atoms. The minimum atomic E-state index is -0.160. The second-order valence-corrected chi connectivity index (χ2v) is 5.76. The minimum Gasteiger partial charge on any atom is -0.324 e. The van der Waals surface area contributed by atoms with Gasteiger partial charge in [-0.3, -0.25) is 0 Å². The van der Waals surface area contributed by atoms with Crippen molar-refractivity contribution < 1.29 is 4.39 Å². The van der Waals surface area contributed by atoms with Crippen molar-refractivity contribution >= 4 is 0 Å². The minimum absolute atomic E-state index is 0.141. The molecule has 17 heavy (non-hydrogen) atoms. The van der Waals surface area contributed by atoms with Gasteiger partial charge in [0.05, 0.1) is 0 Å². The summed E-state index contributed by atoms with van der Waals surface area (Å²) in [6, 6.07) is 6.89. The van der Waals surface area contributed by atoms with E-state index in [1.165, 1.54) is 5.56 Å². The van der Waals surface area contributed by atoms with Gasteiger partial charge in [0.2, 0.25) is 0 Å². The molecule has 0 saturated carbocycles. The maximum atomic E-state index is 12.8. The summed E-state index contributed by atoms with van der Waals surface area (Å²) in [6.45, 7) is 7.15. The largest absolute Gasteiger partial charge is 0.324 e. The highest BCUT2D eigenvalue weighted by Crippen LogP contribution is 2.27. The number of halogens is 1. The molecule has 1 fully saturated rings. The summed E-state index contributed by atoms with van der Waals surface area (Å²) in [5, 5.41) is 0. The summed E-state index contributed by atoms with van der Waals surface area (Å²) >= 11 is 0. The lowest BCUT2D eigenvalue weighted by Gasteiger charge is -2.26. The maximum Gasteiger partial charge on any atom is 0.123 e. The van der Waals surface area contributed by atoms with Gasteiger partial charge in [0, 0.05) is 18.6 Å². The maximum absolute atomic E-state index is 12.8. The van der Waals surface area contributed by atoms with Gasteiger partial charge in [-0.05, 0) is 50.4 Å². The van der Waals surface area contributed by atoms with E-state index in [0.717, 1.165) is 26.1 Å². The van der Waals surface area contributed by atoms with Gasteiger partial charge in [-0.1, -0.05) is 12.1 Å². The monoisotopic (exact) mass is 236 g/mol. The van der Waals surface area contributed by atoms with Crippen molar-refractivity contribution in [1.29, 1.82) is 0 Å². The fourth-order valence-corrected chi connectivity index (χ4v) is 2.56. The van der Waals surface area contributed by atoms with Crippen LogP contribution in [0.25, 0.3) is 0 Å². The second-order valence-electron chi connectivity index (χ2n) is 5.76. The molecule has 1 heterocycles. The summed E-state index contributed by atoms with van der Waals surface area (Å²) in [7, 11) is 0. The SMILES string of the molecule is CC(C)(N)CN1CCC(c2ccc(F)cc2)C1. The zero-order valence-electron chi connectivity index (χ0n) is 10.6. The van der Waals surface area contributed by atoms with E-state index >= 15 is 0 Å².